The van der Waals surface area contributed by atoms with Crippen LogP contribution in [0.5, 0.6) is 0 Å². The van der Waals surface area contributed by atoms with Crippen LogP contribution in [0.1, 0.15) is 40.0 Å². The number of ether oxygens (including phenoxy) is 1. The van der Waals surface area contributed by atoms with Crippen molar-refractivity contribution < 1.29 is 27.5 Å². The third-order valence-electron chi connectivity index (χ3n) is 6.87. The van der Waals surface area contributed by atoms with Gasteiger partial charge in [0, 0.05) is 25.3 Å². The summed E-state index contributed by atoms with van der Waals surface area (Å²) < 4.78 is 33.6. The number of benzene rings is 1. The molecule has 1 aromatic rings. The molecule has 3 heterocycles. The molecular formula is C23H28N2O6S. The summed E-state index contributed by atoms with van der Waals surface area (Å²) in [5, 5.41) is 0. The maximum absolute atomic E-state index is 13.9. The van der Waals surface area contributed by atoms with Crippen molar-refractivity contribution in [2.45, 2.75) is 50.5 Å². The third kappa shape index (κ3) is 3.01. The van der Waals surface area contributed by atoms with Gasteiger partial charge in [0.05, 0.1) is 15.7 Å². The Morgan fingerprint density at radius 2 is 1.81 bits per heavy atom. The number of carbonyl (C=O) groups excluding carboxylic acids is 3. The standard InChI is InChI=1S/C23H28N2O6S/c1-4-23(22(28)24(5-2)6-3)18-17(21(27)31-23)20(26)25-14-10-13-16(25)19(18)32(29,30)15-11-8-7-9-12-15/h7-9,11-12,17-18H,4-6,10,13-14H2,1-3H3/t17-,18+,23-/m0/s1. The van der Waals surface area contributed by atoms with Gasteiger partial charge in [0.2, 0.25) is 15.7 Å². The van der Waals surface area contributed by atoms with Crippen LogP contribution < -0.4 is 0 Å². The molecule has 0 unspecified atom stereocenters. The molecule has 3 atom stereocenters. The first-order valence-electron chi connectivity index (χ1n) is 11.1. The highest BCUT2D eigenvalue weighted by molar-refractivity contribution is 7.95. The molecule has 3 aliphatic heterocycles. The van der Waals surface area contributed by atoms with E-state index in [1.54, 1.807) is 25.1 Å². The number of likely N-dealkylation sites (N-methyl/N-ethyl adjacent to an activating group) is 1. The number of fused-ring (bicyclic) bond motifs is 2. The predicted molar refractivity (Wildman–Crippen MR) is 116 cm³/mol. The average molecular weight is 461 g/mol. The van der Waals surface area contributed by atoms with Crippen LogP contribution in [0.3, 0.4) is 0 Å². The van der Waals surface area contributed by atoms with Crippen LogP contribution in [0, 0.1) is 11.8 Å². The molecule has 2 saturated heterocycles. The molecule has 0 aromatic heterocycles. The van der Waals surface area contributed by atoms with Gasteiger partial charge in [-0.1, -0.05) is 25.1 Å². The summed E-state index contributed by atoms with van der Waals surface area (Å²) in [6, 6.07) is 7.95. The highest BCUT2D eigenvalue weighted by atomic mass is 32.2. The average Bonchev–Trinajstić information content (AvgIpc) is 3.39. The molecule has 3 aliphatic rings. The number of esters is 1. The third-order valence-corrected chi connectivity index (χ3v) is 8.83. The minimum Gasteiger partial charge on any atom is -0.448 e. The number of sulfone groups is 1. The van der Waals surface area contributed by atoms with Crippen LogP contribution in [0.2, 0.25) is 0 Å². The lowest BCUT2D eigenvalue weighted by molar-refractivity contribution is -0.167. The van der Waals surface area contributed by atoms with Gasteiger partial charge >= 0.3 is 5.97 Å². The Morgan fingerprint density at radius 3 is 2.41 bits per heavy atom. The maximum atomic E-state index is 13.9. The number of hydrogen-bond acceptors (Lipinski definition) is 6. The second kappa shape index (κ2) is 8.03. The van der Waals surface area contributed by atoms with Crippen molar-refractivity contribution >= 4 is 27.6 Å². The minimum atomic E-state index is -4.09. The maximum Gasteiger partial charge on any atom is 0.320 e. The normalized spacial score (nSPS) is 27.3. The van der Waals surface area contributed by atoms with Crippen LogP contribution in [0.4, 0.5) is 0 Å². The minimum absolute atomic E-state index is 0.0148. The molecule has 0 bridgehead atoms. The van der Waals surface area contributed by atoms with E-state index >= 15 is 0 Å². The molecule has 2 amide bonds. The van der Waals surface area contributed by atoms with Crippen LogP contribution >= 0.6 is 0 Å². The number of nitrogens with zero attached hydrogens (tertiary/aromatic N) is 2. The summed E-state index contributed by atoms with van der Waals surface area (Å²) in [6.07, 6.45) is 1.07. The Kier molecular flexibility index (Phi) is 5.65. The van der Waals surface area contributed by atoms with E-state index in [0.717, 1.165) is 0 Å². The first-order valence-corrected chi connectivity index (χ1v) is 12.6. The predicted octanol–water partition coefficient (Wildman–Crippen LogP) is 2.11. The largest absolute Gasteiger partial charge is 0.448 e. The number of rotatable bonds is 6. The lowest BCUT2D eigenvalue weighted by Crippen LogP contribution is -2.56. The van der Waals surface area contributed by atoms with Crippen molar-refractivity contribution in [3.8, 4) is 0 Å². The van der Waals surface area contributed by atoms with E-state index in [2.05, 4.69) is 0 Å². The van der Waals surface area contributed by atoms with Gasteiger partial charge in [0.1, 0.15) is 5.92 Å². The van der Waals surface area contributed by atoms with E-state index in [9.17, 15) is 22.8 Å². The Labute approximate surface area is 188 Å². The lowest BCUT2D eigenvalue weighted by atomic mass is 9.75. The number of carbonyl (C=O) groups is 3. The molecule has 0 aliphatic carbocycles. The van der Waals surface area contributed by atoms with E-state index < -0.39 is 45.1 Å². The van der Waals surface area contributed by atoms with Gasteiger partial charge < -0.3 is 14.5 Å². The Balaban J connectivity index is 2.00. The van der Waals surface area contributed by atoms with Crippen LogP contribution in [-0.4, -0.2) is 61.2 Å². The molecule has 8 nitrogen and oxygen atoms in total. The molecule has 2 fully saturated rings. The molecule has 0 saturated carbocycles. The van der Waals surface area contributed by atoms with Gasteiger partial charge in [-0.2, -0.15) is 0 Å². The smallest absolute Gasteiger partial charge is 0.320 e. The van der Waals surface area contributed by atoms with E-state index in [1.165, 1.54) is 21.9 Å². The summed E-state index contributed by atoms with van der Waals surface area (Å²) in [5.41, 5.74) is -1.34. The number of cyclic esters (lactones) is 1. The van der Waals surface area contributed by atoms with Gasteiger partial charge in [0.15, 0.2) is 5.60 Å². The summed E-state index contributed by atoms with van der Waals surface area (Å²) in [7, 11) is -4.09. The van der Waals surface area contributed by atoms with Gasteiger partial charge in [-0.25, -0.2) is 8.42 Å². The topological polar surface area (TPSA) is 101 Å². The first-order chi connectivity index (χ1) is 15.2. The van der Waals surface area contributed by atoms with Gasteiger partial charge in [-0.15, -0.1) is 0 Å². The summed E-state index contributed by atoms with van der Waals surface area (Å²) in [5.74, 6) is -4.28. The zero-order valence-electron chi connectivity index (χ0n) is 18.5. The van der Waals surface area contributed by atoms with Crippen molar-refractivity contribution in [2.24, 2.45) is 11.8 Å². The van der Waals surface area contributed by atoms with E-state index in [-0.39, 0.29) is 16.2 Å². The molecule has 172 valence electrons. The molecule has 0 radical (unpaired) electrons. The SMILES string of the molecule is CCN(CC)C(=O)[C@@]1(CC)OC(=O)[C@@H]2C(=O)N3CCCC3=C(S(=O)(=O)c3ccccc3)[C@@H]21. The summed E-state index contributed by atoms with van der Waals surface area (Å²) in [4.78, 5) is 43.0. The molecule has 9 heteroatoms. The molecule has 0 N–H and O–H groups in total. The second-order valence-electron chi connectivity index (χ2n) is 8.32. The fourth-order valence-corrected chi connectivity index (χ4v) is 7.24. The van der Waals surface area contributed by atoms with Gasteiger partial charge in [-0.3, -0.25) is 14.4 Å². The van der Waals surface area contributed by atoms with Crippen LogP contribution in [0.15, 0.2) is 45.8 Å². The monoisotopic (exact) mass is 460 g/mol. The number of hydrogen-bond donors (Lipinski definition) is 0. The van der Waals surface area contributed by atoms with Gasteiger partial charge in [0.25, 0.3) is 5.91 Å². The van der Waals surface area contributed by atoms with Crippen molar-refractivity contribution in [1.29, 1.82) is 0 Å². The highest BCUT2D eigenvalue weighted by Crippen LogP contribution is 2.53. The first kappa shape index (κ1) is 22.5. The second-order valence-corrected chi connectivity index (χ2v) is 10.2. The van der Waals surface area contributed by atoms with Crippen molar-refractivity contribution in [2.75, 3.05) is 19.6 Å². The Morgan fingerprint density at radius 1 is 1.16 bits per heavy atom. The zero-order valence-corrected chi connectivity index (χ0v) is 19.4. The van der Waals surface area contributed by atoms with Crippen LogP contribution in [0.25, 0.3) is 0 Å². The van der Waals surface area contributed by atoms with Crippen LogP contribution in [-0.2, 0) is 29.0 Å². The quantitative estimate of drug-likeness (QED) is 0.476. The molecular weight excluding hydrogens is 432 g/mol. The fraction of sp³-hybridized carbons (Fsp3) is 0.522. The lowest BCUT2D eigenvalue weighted by Gasteiger charge is -2.40. The fourth-order valence-electron chi connectivity index (χ4n) is 5.29. The van der Waals surface area contributed by atoms with E-state index in [1.807, 2.05) is 13.8 Å². The summed E-state index contributed by atoms with van der Waals surface area (Å²) in [6.45, 7) is 6.42. The van der Waals surface area contributed by atoms with Crippen molar-refractivity contribution in [1.82, 2.24) is 9.80 Å². The Bertz CT molecular complexity index is 1090. The Hall–Kier alpha value is -2.68. The number of allylic oxidation sites excluding steroid dienone is 1. The molecule has 1 aromatic carbocycles. The van der Waals surface area contributed by atoms with E-state index in [4.69, 9.17) is 4.74 Å². The molecule has 0 spiro atoms. The summed E-state index contributed by atoms with van der Waals surface area (Å²) >= 11 is 0. The van der Waals surface area contributed by atoms with E-state index in [0.29, 0.717) is 38.2 Å². The highest BCUT2D eigenvalue weighted by Gasteiger charge is 2.68. The van der Waals surface area contributed by atoms with Crippen molar-refractivity contribution in [3.63, 3.8) is 0 Å². The number of amides is 2. The molecule has 32 heavy (non-hydrogen) atoms. The molecule has 4 rings (SSSR count). The van der Waals surface area contributed by atoms with Gasteiger partial charge in [-0.05, 0) is 45.2 Å². The van der Waals surface area contributed by atoms with Crippen molar-refractivity contribution in [3.05, 3.63) is 40.9 Å². The zero-order chi connectivity index (χ0) is 23.3.